The monoisotopic (exact) mass is 231 g/mol. The number of hydrogen-bond acceptors (Lipinski definition) is 6. The first-order chi connectivity index (χ1) is 7.90. The lowest BCUT2D eigenvalue weighted by Gasteiger charge is -1.90. The molecule has 0 aliphatic rings. The minimum absolute atomic E-state index is 0.982. The zero-order valence-corrected chi connectivity index (χ0v) is 9.13. The molecule has 2 rings (SSSR count). The molecule has 0 radical (unpaired) electrons. The Balaban J connectivity index is 0.000000509. The summed E-state index contributed by atoms with van der Waals surface area (Å²) in [5.74, 6) is 5.03. The van der Waals surface area contributed by atoms with E-state index in [9.17, 15) is 0 Å². The van der Waals surface area contributed by atoms with E-state index >= 15 is 0 Å². The van der Waals surface area contributed by atoms with Gasteiger partial charge in [0.05, 0.1) is 21.9 Å². The molecule has 0 aliphatic carbocycles. The van der Waals surface area contributed by atoms with E-state index in [1.54, 1.807) is 17.6 Å². The van der Waals surface area contributed by atoms with Crippen molar-refractivity contribution in [1.29, 1.82) is 10.5 Å². The highest BCUT2D eigenvalue weighted by molar-refractivity contribution is 7.16. The zero-order valence-electron chi connectivity index (χ0n) is 8.32. The number of rotatable bonds is 1. The van der Waals surface area contributed by atoms with Crippen LogP contribution < -0.4 is 5.84 Å². The molecule has 0 spiro atoms. The minimum atomic E-state index is 0.982. The summed E-state index contributed by atoms with van der Waals surface area (Å²) < 4.78 is 1.18. The molecule has 6 heteroatoms. The fraction of sp³-hybridized carbons (Fsp3) is 0. The van der Waals surface area contributed by atoms with Crippen LogP contribution in [-0.2, 0) is 0 Å². The smallest absolute Gasteiger partial charge is 0.0818 e. The van der Waals surface area contributed by atoms with Gasteiger partial charge in [-0.05, 0) is 17.7 Å². The number of benzene rings is 1. The van der Waals surface area contributed by atoms with E-state index in [1.165, 1.54) is 4.70 Å². The van der Waals surface area contributed by atoms with Gasteiger partial charge in [-0.15, -0.1) is 11.3 Å². The second-order valence-electron chi connectivity index (χ2n) is 2.36. The standard InChI is InChI=1S/C8H7N3S.2CHN/c9-11-4-6-1-2-8-7(3-6)10-5-12-8;2*1-2/h1-5H,9H2;2*1H. The third-order valence-electron chi connectivity index (χ3n) is 1.58. The Morgan fingerprint density at radius 2 is 2.00 bits per heavy atom. The predicted molar refractivity (Wildman–Crippen MR) is 64.7 cm³/mol. The molecule has 5 nitrogen and oxygen atoms in total. The topological polar surface area (TPSA) is 98.8 Å². The molecule has 0 amide bonds. The molecule has 2 N–H and O–H groups in total. The molecule has 0 saturated heterocycles. The number of nitriles is 2. The average molecular weight is 231 g/mol. The van der Waals surface area contributed by atoms with Gasteiger partial charge in [0.2, 0.25) is 0 Å². The normalized spacial score (nSPS) is 8.75. The fourth-order valence-corrected chi connectivity index (χ4v) is 1.70. The molecule has 16 heavy (non-hydrogen) atoms. The summed E-state index contributed by atoms with van der Waals surface area (Å²) in [7, 11) is 0. The molecular formula is C10H9N5S. The van der Waals surface area contributed by atoms with E-state index < -0.39 is 0 Å². The van der Waals surface area contributed by atoms with Gasteiger partial charge in [-0.25, -0.2) is 15.5 Å². The summed E-state index contributed by atoms with van der Waals surface area (Å²) in [6, 6.07) is 5.95. The van der Waals surface area contributed by atoms with Crippen LogP contribution in [0.15, 0.2) is 28.8 Å². The molecule has 1 heterocycles. The highest BCUT2D eigenvalue weighted by atomic mass is 32.1. The molecule has 0 saturated carbocycles. The molecule has 0 bridgehead atoms. The van der Waals surface area contributed by atoms with E-state index in [2.05, 4.69) is 23.2 Å². The van der Waals surface area contributed by atoms with Crippen molar-refractivity contribution in [3.05, 3.63) is 29.3 Å². The number of hydrogen-bond donors (Lipinski definition) is 1. The van der Waals surface area contributed by atoms with Crippen molar-refractivity contribution < 1.29 is 0 Å². The van der Waals surface area contributed by atoms with Crippen LogP contribution in [0, 0.1) is 23.7 Å². The Morgan fingerprint density at radius 3 is 2.62 bits per heavy atom. The minimum Gasteiger partial charge on any atom is -0.323 e. The molecule has 0 unspecified atom stereocenters. The van der Waals surface area contributed by atoms with Crippen LogP contribution >= 0.6 is 11.3 Å². The van der Waals surface area contributed by atoms with Crippen LogP contribution in [0.2, 0.25) is 0 Å². The van der Waals surface area contributed by atoms with Crippen molar-refractivity contribution in [3.8, 4) is 13.1 Å². The first-order valence-electron chi connectivity index (χ1n) is 3.98. The number of fused-ring (bicyclic) bond motifs is 1. The van der Waals surface area contributed by atoms with Crippen LogP contribution in [0.25, 0.3) is 10.2 Å². The van der Waals surface area contributed by atoms with Gasteiger partial charge in [0.25, 0.3) is 0 Å². The van der Waals surface area contributed by atoms with Crippen LogP contribution in [0.1, 0.15) is 5.56 Å². The Morgan fingerprint density at radius 1 is 1.31 bits per heavy atom. The largest absolute Gasteiger partial charge is 0.323 e. The lowest BCUT2D eigenvalue weighted by atomic mass is 10.2. The predicted octanol–water partition coefficient (Wildman–Crippen LogP) is 1.87. The van der Waals surface area contributed by atoms with E-state index in [0.717, 1.165) is 11.1 Å². The molecule has 2 aromatic rings. The van der Waals surface area contributed by atoms with Gasteiger partial charge >= 0.3 is 0 Å². The number of aromatic nitrogens is 1. The SMILES string of the molecule is C#N.C#N.NN=Cc1ccc2scnc2c1. The van der Waals surface area contributed by atoms with E-state index in [-0.39, 0.29) is 0 Å². The molecular weight excluding hydrogens is 222 g/mol. The Kier molecular flexibility index (Phi) is 6.71. The summed E-state index contributed by atoms with van der Waals surface area (Å²) in [5.41, 5.74) is 3.81. The number of nitrogens with zero attached hydrogens (tertiary/aromatic N) is 4. The van der Waals surface area contributed by atoms with Crippen molar-refractivity contribution in [1.82, 2.24) is 4.98 Å². The van der Waals surface area contributed by atoms with E-state index in [4.69, 9.17) is 16.4 Å². The molecule has 0 aliphatic heterocycles. The van der Waals surface area contributed by atoms with Crippen LogP contribution in [-0.4, -0.2) is 11.2 Å². The molecule has 0 fully saturated rings. The van der Waals surface area contributed by atoms with E-state index in [1.807, 2.05) is 23.7 Å². The third kappa shape index (κ3) is 3.37. The summed E-state index contributed by atoms with van der Waals surface area (Å²) >= 11 is 1.63. The maximum Gasteiger partial charge on any atom is 0.0818 e. The van der Waals surface area contributed by atoms with Crippen molar-refractivity contribution in [2.24, 2.45) is 10.9 Å². The van der Waals surface area contributed by atoms with Crippen LogP contribution in [0.5, 0.6) is 0 Å². The quantitative estimate of drug-likeness (QED) is 0.460. The Hall–Kier alpha value is -2.44. The molecule has 1 aromatic heterocycles. The summed E-state index contributed by atoms with van der Waals surface area (Å²) in [6.45, 7) is 7.00. The molecule has 80 valence electrons. The van der Waals surface area contributed by atoms with Crippen molar-refractivity contribution in [3.63, 3.8) is 0 Å². The second kappa shape index (κ2) is 7.92. The second-order valence-corrected chi connectivity index (χ2v) is 3.24. The van der Waals surface area contributed by atoms with Gasteiger partial charge < -0.3 is 5.84 Å². The Bertz CT molecular complexity index is 491. The summed E-state index contributed by atoms with van der Waals surface area (Å²) in [5, 5.41) is 16.4. The number of hydrazone groups is 1. The lowest BCUT2D eigenvalue weighted by molar-refractivity contribution is 1.26. The van der Waals surface area contributed by atoms with Gasteiger partial charge in [-0.3, -0.25) is 0 Å². The van der Waals surface area contributed by atoms with Gasteiger partial charge in [-0.2, -0.15) is 5.10 Å². The molecule has 1 aromatic carbocycles. The highest BCUT2D eigenvalue weighted by Crippen LogP contribution is 2.17. The van der Waals surface area contributed by atoms with Gasteiger partial charge in [0, 0.05) is 13.1 Å². The molecule has 0 atom stereocenters. The summed E-state index contributed by atoms with van der Waals surface area (Å²) in [4.78, 5) is 4.18. The van der Waals surface area contributed by atoms with Gasteiger partial charge in [0.15, 0.2) is 0 Å². The number of nitrogens with two attached hydrogens (primary N) is 1. The van der Waals surface area contributed by atoms with Crippen molar-refractivity contribution in [2.75, 3.05) is 0 Å². The highest BCUT2D eigenvalue weighted by Gasteiger charge is 1.95. The zero-order chi connectivity index (χ0) is 12.4. The maximum absolute atomic E-state index is 6.50. The van der Waals surface area contributed by atoms with Gasteiger partial charge in [0.1, 0.15) is 0 Å². The van der Waals surface area contributed by atoms with Crippen molar-refractivity contribution in [2.45, 2.75) is 0 Å². The first-order valence-corrected chi connectivity index (χ1v) is 4.86. The third-order valence-corrected chi connectivity index (χ3v) is 2.39. The summed E-state index contributed by atoms with van der Waals surface area (Å²) in [6.07, 6.45) is 1.61. The van der Waals surface area contributed by atoms with Crippen LogP contribution in [0.3, 0.4) is 0 Å². The van der Waals surface area contributed by atoms with E-state index in [0.29, 0.717) is 0 Å². The van der Waals surface area contributed by atoms with Gasteiger partial charge in [-0.1, -0.05) is 6.07 Å². The Labute approximate surface area is 97.1 Å². The average Bonchev–Trinajstić information content (AvgIpc) is 2.82. The van der Waals surface area contributed by atoms with Crippen molar-refractivity contribution >= 4 is 27.8 Å². The maximum atomic E-state index is 6.50. The number of thiazole rings is 1. The lowest BCUT2D eigenvalue weighted by Crippen LogP contribution is -1.85. The first kappa shape index (κ1) is 13.6. The fourth-order valence-electron chi connectivity index (χ4n) is 1.04. The van der Waals surface area contributed by atoms with Crippen LogP contribution in [0.4, 0.5) is 0 Å².